The molecule has 1 rings (SSSR count). The average Bonchev–Trinajstić information content (AvgIpc) is 2.29. The molecule has 0 heterocycles. The number of nitrogens with one attached hydrogen (secondary N) is 1. The first kappa shape index (κ1) is 14.2. The lowest BCUT2D eigenvalue weighted by atomic mass is 9.82. The minimum atomic E-state index is 0.189. The summed E-state index contributed by atoms with van der Waals surface area (Å²) < 4.78 is 0. The van der Waals surface area contributed by atoms with Crippen LogP contribution in [-0.2, 0) is 5.41 Å². The topological polar surface area (TPSA) is 38.0 Å². The highest BCUT2D eigenvalue weighted by Crippen LogP contribution is 2.25. The Morgan fingerprint density at radius 2 is 1.88 bits per heavy atom. The number of aryl methyl sites for hydroxylation is 1. The van der Waals surface area contributed by atoms with Crippen LogP contribution in [0.25, 0.3) is 0 Å². The van der Waals surface area contributed by atoms with Gasteiger partial charge in [-0.05, 0) is 44.0 Å². The number of unbranched alkanes of at least 4 members (excludes halogenated alkanes) is 1. The van der Waals surface area contributed by atoms with E-state index in [-0.39, 0.29) is 5.41 Å². The van der Waals surface area contributed by atoms with Gasteiger partial charge >= 0.3 is 0 Å². The van der Waals surface area contributed by atoms with E-state index in [4.69, 9.17) is 5.73 Å². The van der Waals surface area contributed by atoms with Crippen molar-refractivity contribution in [3.05, 3.63) is 35.4 Å². The summed E-state index contributed by atoms with van der Waals surface area (Å²) >= 11 is 0. The molecular formula is C15H26N2. The molecule has 0 aliphatic rings. The summed E-state index contributed by atoms with van der Waals surface area (Å²) in [6.07, 6.45) is 2.28. The zero-order valence-electron chi connectivity index (χ0n) is 11.4. The van der Waals surface area contributed by atoms with Gasteiger partial charge in [-0.1, -0.05) is 38.1 Å². The lowest BCUT2D eigenvalue weighted by Gasteiger charge is -2.27. The second-order valence-corrected chi connectivity index (χ2v) is 5.37. The molecular weight excluding hydrogens is 208 g/mol. The summed E-state index contributed by atoms with van der Waals surface area (Å²) in [5, 5.41) is 3.53. The van der Waals surface area contributed by atoms with Crippen LogP contribution in [0, 0.1) is 6.92 Å². The number of hydrogen-bond acceptors (Lipinski definition) is 2. The zero-order chi connectivity index (χ0) is 12.7. The highest BCUT2D eigenvalue weighted by Gasteiger charge is 2.21. The Kier molecular flexibility index (Phi) is 5.66. The van der Waals surface area contributed by atoms with Crippen LogP contribution < -0.4 is 11.1 Å². The fraction of sp³-hybridized carbons (Fsp3) is 0.600. The maximum absolute atomic E-state index is 5.48. The van der Waals surface area contributed by atoms with Gasteiger partial charge in [0, 0.05) is 12.0 Å². The van der Waals surface area contributed by atoms with Crippen molar-refractivity contribution in [1.82, 2.24) is 5.32 Å². The van der Waals surface area contributed by atoms with E-state index in [0.717, 1.165) is 26.1 Å². The third-order valence-corrected chi connectivity index (χ3v) is 3.25. The van der Waals surface area contributed by atoms with Crippen molar-refractivity contribution in [2.45, 2.75) is 39.0 Å². The molecule has 3 N–H and O–H groups in total. The van der Waals surface area contributed by atoms with Gasteiger partial charge in [0.15, 0.2) is 0 Å². The second kappa shape index (κ2) is 6.77. The molecule has 0 aliphatic heterocycles. The molecule has 0 aliphatic carbocycles. The molecule has 0 amide bonds. The van der Waals surface area contributed by atoms with Gasteiger partial charge < -0.3 is 11.1 Å². The lowest BCUT2D eigenvalue weighted by molar-refractivity contribution is 0.462. The maximum Gasteiger partial charge on any atom is 0.00432 e. The number of nitrogens with two attached hydrogens (primary N) is 1. The summed E-state index contributed by atoms with van der Waals surface area (Å²) in [4.78, 5) is 0. The smallest absolute Gasteiger partial charge is 0.00432 e. The normalized spacial score (nSPS) is 11.8. The molecule has 2 heteroatoms. The molecule has 0 fully saturated rings. The SMILES string of the molecule is Cc1ccccc1C(C)(C)CNCCCCN. The highest BCUT2D eigenvalue weighted by atomic mass is 14.9. The van der Waals surface area contributed by atoms with Gasteiger partial charge in [0.2, 0.25) is 0 Å². The van der Waals surface area contributed by atoms with Gasteiger partial charge in [0.1, 0.15) is 0 Å². The Morgan fingerprint density at radius 1 is 1.18 bits per heavy atom. The third kappa shape index (κ3) is 4.49. The molecule has 0 radical (unpaired) electrons. The van der Waals surface area contributed by atoms with Crippen LogP contribution in [-0.4, -0.2) is 19.6 Å². The predicted molar refractivity (Wildman–Crippen MR) is 75.4 cm³/mol. The molecule has 0 spiro atoms. The Hall–Kier alpha value is -0.860. The summed E-state index contributed by atoms with van der Waals surface area (Å²) in [7, 11) is 0. The van der Waals surface area contributed by atoms with E-state index in [1.807, 2.05) is 0 Å². The molecule has 0 bridgehead atoms. The Labute approximate surface area is 106 Å². The molecule has 0 saturated carbocycles. The fourth-order valence-corrected chi connectivity index (χ4v) is 2.22. The maximum atomic E-state index is 5.48. The molecule has 1 aromatic rings. The van der Waals surface area contributed by atoms with E-state index in [1.165, 1.54) is 17.5 Å². The van der Waals surface area contributed by atoms with E-state index in [1.54, 1.807) is 0 Å². The van der Waals surface area contributed by atoms with Crippen LogP contribution in [0.4, 0.5) is 0 Å². The molecule has 0 aromatic heterocycles. The fourth-order valence-electron chi connectivity index (χ4n) is 2.22. The van der Waals surface area contributed by atoms with Gasteiger partial charge in [-0.2, -0.15) is 0 Å². The first-order chi connectivity index (χ1) is 8.08. The van der Waals surface area contributed by atoms with Gasteiger partial charge in [0.25, 0.3) is 0 Å². The van der Waals surface area contributed by atoms with E-state index < -0.39 is 0 Å². The van der Waals surface area contributed by atoms with Crippen LogP contribution in [0.2, 0.25) is 0 Å². The quantitative estimate of drug-likeness (QED) is 0.712. The highest BCUT2D eigenvalue weighted by molar-refractivity contribution is 5.32. The van der Waals surface area contributed by atoms with E-state index in [0.29, 0.717) is 0 Å². The molecule has 17 heavy (non-hydrogen) atoms. The van der Waals surface area contributed by atoms with E-state index >= 15 is 0 Å². The van der Waals surface area contributed by atoms with Crippen molar-refractivity contribution in [3.8, 4) is 0 Å². The van der Waals surface area contributed by atoms with Crippen molar-refractivity contribution in [2.24, 2.45) is 5.73 Å². The molecule has 0 atom stereocenters. The van der Waals surface area contributed by atoms with Gasteiger partial charge in [0.05, 0.1) is 0 Å². The van der Waals surface area contributed by atoms with E-state index in [9.17, 15) is 0 Å². The van der Waals surface area contributed by atoms with Gasteiger partial charge in [-0.25, -0.2) is 0 Å². The minimum absolute atomic E-state index is 0.189. The van der Waals surface area contributed by atoms with Crippen LogP contribution in [0.1, 0.15) is 37.8 Å². The lowest BCUT2D eigenvalue weighted by Crippen LogP contribution is -2.34. The first-order valence-electron chi connectivity index (χ1n) is 6.55. The Morgan fingerprint density at radius 3 is 2.53 bits per heavy atom. The summed E-state index contributed by atoms with van der Waals surface area (Å²) in [5.41, 5.74) is 8.48. The second-order valence-electron chi connectivity index (χ2n) is 5.37. The van der Waals surface area contributed by atoms with E-state index in [2.05, 4.69) is 50.4 Å². The van der Waals surface area contributed by atoms with Crippen molar-refractivity contribution >= 4 is 0 Å². The molecule has 1 aromatic carbocycles. The van der Waals surface area contributed by atoms with Gasteiger partial charge in [-0.15, -0.1) is 0 Å². The number of rotatable bonds is 7. The molecule has 2 nitrogen and oxygen atoms in total. The van der Waals surface area contributed by atoms with Gasteiger partial charge in [-0.3, -0.25) is 0 Å². The number of hydrogen-bond donors (Lipinski definition) is 2. The molecule has 96 valence electrons. The number of benzene rings is 1. The van der Waals surface area contributed by atoms with Crippen molar-refractivity contribution in [1.29, 1.82) is 0 Å². The minimum Gasteiger partial charge on any atom is -0.330 e. The van der Waals surface area contributed by atoms with Crippen LogP contribution >= 0.6 is 0 Å². The molecule has 0 saturated heterocycles. The summed E-state index contributed by atoms with van der Waals surface area (Å²) in [6, 6.07) is 8.64. The summed E-state index contributed by atoms with van der Waals surface area (Å²) in [6.45, 7) is 9.65. The predicted octanol–water partition coefficient (Wildman–Crippen LogP) is 2.60. The van der Waals surface area contributed by atoms with Crippen LogP contribution in [0.3, 0.4) is 0 Å². The largest absolute Gasteiger partial charge is 0.330 e. The van der Waals surface area contributed by atoms with Crippen LogP contribution in [0.15, 0.2) is 24.3 Å². The first-order valence-corrected chi connectivity index (χ1v) is 6.55. The van der Waals surface area contributed by atoms with Crippen molar-refractivity contribution < 1.29 is 0 Å². The monoisotopic (exact) mass is 234 g/mol. The Bertz CT molecular complexity index is 331. The van der Waals surface area contributed by atoms with Crippen LogP contribution in [0.5, 0.6) is 0 Å². The third-order valence-electron chi connectivity index (χ3n) is 3.25. The summed E-state index contributed by atoms with van der Waals surface area (Å²) in [5.74, 6) is 0. The van der Waals surface area contributed by atoms with Crippen molar-refractivity contribution in [2.75, 3.05) is 19.6 Å². The molecule has 0 unspecified atom stereocenters. The standard InChI is InChI=1S/C15H26N2/c1-13-8-4-5-9-14(13)15(2,3)12-17-11-7-6-10-16/h4-5,8-9,17H,6-7,10-12,16H2,1-3H3. The van der Waals surface area contributed by atoms with Crippen molar-refractivity contribution in [3.63, 3.8) is 0 Å². The average molecular weight is 234 g/mol. The zero-order valence-corrected chi connectivity index (χ0v) is 11.4. The Balaban J connectivity index is 2.48.